The van der Waals surface area contributed by atoms with Crippen LogP contribution in [0, 0.1) is 13.8 Å². The third kappa shape index (κ3) is 3.96. The summed E-state index contributed by atoms with van der Waals surface area (Å²) >= 11 is 0. The Morgan fingerprint density at radius 2 is 2.10 bits per heavy atom. The van der Waals surface area contributed by atoms with E-state index in [4.69, 9.17) is 9.26 Å². The summed E-state index contributed by atoms with van der Waals surface area (Å²) in [6.45, 7) is 6.19. The van der Waals surface area contributed by atoms with Crippen molar-refractivity contribution in [3.63, 3.8) is 0 Å². The van der Waals surface area contributed by atoms with Gasteiger partial charge in [0.15, 0.2) is 0 Å². The number of fused-ring (bicyclic) bond motifs is 1. The monoisotopic (exact) mass is 401 g/mol. The first-order valence-electron chi connectivity index (χ1n) is 9.87. The normalized spacial score (nSPS) is 17.9. The highest BCUT2D eigenvalue weighted by Gasteiger charge is 2.27. The maximum absolute atomic E-state index is 13.7. The average Bonchev–Trinajstić information content (AvgIpc) is 3.08. The number of piperidine rings is 1. The molecule has 4 rings (SSSR count). The van der Waals surface area contributed by atoms with Crippen molar-refractivity contribution < 1.29 is 18.0 Å². The molecule has 1 atom stereocenters. The van der Waals surface area contributed by atoms with Gasteiger partial charge in [-0.15, -0.1) is 0 Å². The molecule has 1 aromatic carbocycles. The Balaban J connectivity index is 1.60. The highest BCUT2D eigenvalue weighted by Crippen LogP contribution is 2.35. The molecule has 0 aliphatic carbocycles. The van der Waals surface area contributed by atoms with Gasteiger partial charge >= 0.3 is 0 Å². The summed E-state index contributed by atoms with van der Waals surface area (Å²) in [7, 11) is 1.68. The topological polar surface area (TPSA) is 51.4 Å². The maximum Gasteiger partial charge on any atom is 0.264 e. The molecular weight excluding hydrogens is 376 g/mol. The van der Waals surface area contributed by atoms with Gasteiger partial charge in [-0.1, -0.05) is 22.9 Å². The molecule has 1 fully saturated rings. The van der Waals surface area contributed by atoms with Gasteiger partial charge < -0.3 is 9.26 Å². The van der Waals surface area contributed by atoms with Gasteiger partial charge in [0.1, 0.15) is 5.75 Å². The summed E-state index contributed by atoms with van der Waals surface area (Å²) < 4.78 is 38.0. The van der Waals surface area contributed by atoms with Crippen LogP contribution in [0.15, 0.2) is 28.8 Å². The number of pyridine rings is 1. The van der Waals surface area contributed by atoms with Crippen LogP contribution in [0.1, 0.15) is 53.3 Å². The quantitative estimate of drug-likeness (QED) is 0.591. The van der Waals surface area contributed by atoms with E-state index in [9.17, 15) is 8.78 Å². The minimum atomic E-state index is -2.59. The minimum Gasteiger partial charge on any atom is -0.496 e. The number of ether oxygens (including phenoxy) is 1. The largest absolute Gasteiger partial charge is 0.496 e. The third-order valence-electron chi connectivity index (χ3n) is 5.66. The number of aryl methyl sites for hydroxylation is 2. The lowest BCUT2D eigenvalue weighted by Crippen LogP contribution is -2.34. The van der Waals surface area contributed by atoms with E-state index in [2.05, 4.69) is 28.0 Å². The van der Waals surface area contributed by atoms with Crippen LogP contribution in [-0.2, 0) is 6.54 Å². The van der Waals surface area contributed by atoms with Crippen LogP contribution >= 0.6 is 0 Å². The number of nitrogens with zero attached hydrogens (tertiary/aromatic N) is 3. The highest BCUT2D eigenvalue weighted by atomic mass is 19.3. The van der Waals surface area contributed by atoms with Crippen LogP contribution in [0.25, 0.3) is 11.1 Å². The number of methoxy groups -OCH3 is 1. The van der Waals surface area contributed by atoms with E-state index < -0.39 is 6.43 Å². The molecule has 2 aromatic heterocycles. The van der Waals surface area contributed by atoms with Crippen LogP contribution in [0.5, 0.6) is 5.75 Å². The summed E-state index contributed by atoms with van der Waals surface area (Å²) in [5.41, 5.74) is 3.59. The zero-order valence-corrected chi connectivity index (χ0v) is 16.9. The molecule has 0 bridgehead atoms. The number of alkyl halides is 2. The van der Waals surface area contributed by atoms with Gasteiger partial charge in [0.2, 0.25) is 0 Å². The first-order chi connectivity index (χ1) is 14.0. The number of rotatable bonds is 5. The van der Waals surface area contributed by atoms with E-state index in [-0.39, 0.29) is 17.2 Å². The second kappa shape index (κ2) is 8.06. The fraction of sp³-hybridized carbons (Fsp3) is 0.455. The summed E-state index contributed by atoms with van der Waals surface area (Å²) in [4.78, 5) is 6.88. The van der Waals surface area contributed by atoms with Crippen molar-refractivity contribution in [3.05, 3.63) is 52.3 Å². The molecule has 0 amide bonds. The maximum atomic E-state index is 13.7. The highest BCUT2D eigenvalue weighted by molar-refractivity contribution is 5.80. The Hall–Kier alpha value is -2.54. The number of likely N-dealkylation sites (tertiary alicyclic amines) is 1. The van der Waals surface area contributed by atoms with Crippen molar-refractivity contribution in [1.29, 1.82) is 0 Å². The number of hydrogen-bond donors (Lipinski definition) is 0. The van der Waals surface area contributed by atoms with Crippen molar-refractivity contribution in [2.45, 2.75) is 45.6 Å². The van der Waals surface area contributed by atoms with Gasteiger partial charge in [-0.05, 0) is 45.4 Å². The number of hydrogen-bond acceptors (Lipinski definition) is 5. The number of benzene rings is 1. The molecule has 0 saturated carbocycles. The lowest BCUT2D eigenvalue weighted by atomic mass is 9.92. The van der Waals surface area contributed by atoms with Crippen molar-refractivity contribution >= 4 is 11.1 Å². The zero-order chi connectivity index (χ0) is 20.5. The Labute approximate surface area is 168 Å². The molecule has 0 radical (unpaired) electrons. The van der Waals surface area contributed by atoms with Gasteiger partial charge in [0.25, 0.3) is 12.1 Å². The molecule has 3 aromatic rings. The molecule has 0 spiro atoms. The van der Waals surface area contributed by atoms with Gasteiger partial charge in [0.05, 0.1) is 18.2 Å². The smallest absolute Gasteiger partial charge is 0.264 e. The van der Waals surface area contributed by atoms with Gasteiger partial charge in [-0.25, -0.2) is 13.8 Å². The second-order valence-corrected chi connectivity index (χ2v) is 7.77. The summed E-state index contributed by atoms with van der Waals surface area (Å²) in [5.74, 6) is 0.946. The van der Waals surface area contributed by atoms with Gasteiger partial charge in [-0.3, -0.25) is 4.90 Å². The van der Waals surface area contributed by atoms with Crippen LogP contribution in [0.3, 0.4) is 0 Å². The average molecular weight is 401 g/mol. The molecule has 7 heteroatoms. The van der Waals surface area contributed by atoms with E-state index in [0.717, 1.165) is 43.8 Å². The van der Waals surface area contributed by atoms with Gasteiger partial charge in [-0.2, -0.15) is 0 Å². The Kier molecular flexibility index (Phi) is 5.50. The SMILES string of the molecule is COc1ccc(C)cc1CN1CCC[C@@H](c2cc(C(F)F)c3c(C)noc3n2)C1. The Morgan fingerprint density at radius 3 is 2.86 bits per heavy atom. The first kappa shape index (κ1) is 19.8. The lowest BCUT2D eigenvalue weighted by Gasteiger charge is -2.33. The molecule has 1 aliphatic heterocycles. The lowest BCUT2D eigenvalue weighted by molar-refractivity contribution is 0.152. The first-order valence-corrected chi connectivity index (χ1v) is 9.87. The third-order valence-corrected chi connectivity index (χ3v) is 5.66. The van der Waals surface area contributed by atoms with E-state index in [1.165, 1.54) is 5.56 Å². The Morgan fingerprint density at radius 1 is 1.28 bits per heavy atom. The predicted molar refractivity (Wildman–Crippen MR) is 106 cm³/mol. The minimum absolute atomic E-state index is 0.0405. The number of aromatic nitrogens is 2. The van der Waals surface area contributed by atoms with Crippen LogP contribution < -0.4 is 4.74 Å². The van der Waals surface area contributed by atoms with E-state index in [1.54, 1.807) is 20.1 Å². The molecule has 1 aliphatic rings. The predicted octanol–water partition coefficient (Wildman–Crippen LogP) is 5.17. The van der Waals surface area contributed by atoms with Crippen molar-refractivity contribution in [2.24, 2.45) is 0 Å². The van der Waals surface area contributed by atoms with Crippen LogP contribution in [-0.4, -0.2) is 35.2 Å². The van der Waals surface area contributed by atoms with Gasteiger partial charge in [0, 0.05) is 35.8 Å². The zero-order valence-electron chi connectivity index (χ0n) is 16.9. The van der Waals surface area contributed by atoms with Crippen molar-refractivity contribution in [3.8, 4) is 5.75 Å². The molecule has 3 heterocycles. The fourth-order valence-electron chi connectivity index (χ4n) is 4.24. The van der Waals surface area contributed by atoms with Crippen LogP contribution in [0.4, 0.5) is 8.78 Å². The molecule has 154 valence electrons. The molecule has 0 unspecified atom stereocenters. The molecular formula is C22H25F2N3O2. The summed E-state index contributed by atoms with van der Waals surface area (Å²) in [5, 5.41) is 4.16. The van der Waals surface area contributed by atoms with E-state index >= 15 is 0 Å². The molecule has 29 heavy (non-hydrogen) atoms. The molecule has 1 saturated heterocycles. The number of halogens is 2. The van der Waals surface area contributed by atoms with Crippen molar-refractivity contribution in [1.82, 2.24) is 15.0 Å². The summed E-state index contributed by atoms with van der Waals surface area (Å²) in [6, 6.07) is 7.70. The fourth-order valence-corrected chi connectivity index (χ4v) is 4.24. The van der Waals surface area contributed by atoms with Crippen molar-refractivity contribution in [2.75, 3.05) is 20.2 Å². The second-order valence-electron chi connectivity index (χ2n) is 7.77. The summed E-state index contributed by atoms with van der Waals surface area (Å²) in [6.07, 6.45) is -0.693. The van der Waals surface area contributed by atoms with Crippen LogP contribution in [0.2, 0.25) is 0 Å². The molecule has 0 N–H and O–H groups in total. The standard InChI is InChI=1S/C22H25F2N3O2/c1-13-6-7-19(28-3)16(9-13)12-27-8-4-5-15(11-27)18-10-17(21(23)24)20-14(2)26-29-22(20)25-18/h6-7,9-10,15,21H,4-5,8,11-12H2,1-3H3/t15-/m1/s1. The molecule has 5 nitrogen and oxygen atoms in total. The Bertz CT molecular complexity index is 1020. The van der Waals surface area contributed by atoms with E-state index in [1.807, 2.05) is 12.1 Å². The van der Waals surface area contributed by atoms with E-state index in [0.29, 0.717) is 16.8 Å².